The van der Waals surface area contributed by atoms with Crippen molar-refractivity contribution in [3.8, 4) is 0 Å². The number of benzene rings is 1. The molecule has 0 aliphatic rings. The van der Waals surface area contributed by atoms with Crippen molar-refractivity contribution >= 4 is 38.1 Å². The molecule has 1 nitrogen and oxygen atoms in total. The van der Waals surface area contributed by atoms with Crippen molar-refractivity contribution in [2.45, 2.75) is 5.33 Å². The molecule has 0 heterocycles. The fourth-order valence-corrected chi connectivity index (χ4v) is 1.80. The largest absolute Gasteiger partial charge is 0.298 e. The van der Waals surface area contributed by atoms with Crippen LogP contribution in [0.1, 0.15) is 15.9 Å². The van der Waals surface area contributed by atoms with Gasteiger partial charge in [-0.2, -0.15) is 0 Å². The van der Waals surface area contributed by atoms with Gasteiger partial charge in [-0.1, -0.05) is 22.0 Å². The number of rotatable bonds is 2. The van der Waals surface area contributed by atoms with Gasteiger partial charge in [0.2, 0.25) is 0 Å². The van der Waals surface area contributed by atoms with E-state index in [-0.39, 0.29) is 5.82 Å². The smallest absolute Gasteiger partial charge is 0.150 e. The molecule has 0 aromatic heterocycles. The number of carbonyl (C=O) groups is 1. The first-order valence-electron chi connectivity index (χ1n) is 3.18. The van der Waals surface area contributed by atoms with Crippen LogP contribution in [0.4, 0.5) is 4.39 Å². The molecule has 0 saturated carbocycles. The first-order valence-corrected chi connectivity index (χ1v) is 5.10. The number of aldehydes is 1. The highest BCUT2D eigenvalue weighted by molar-refractivity contribution is 9.10. The van der Waals surface area contributed by atoms with Crippen LogP contribution in [-0.4, -0.2) is 6.29 Å². The van der Waals surface area contributed by atoms with Gasteiger partial charge in [0.15, 0.2) is 0 Å². The maximum atomic E-state index is 13.2. The normalized spacial score (nSPS) is 9.92. The van der Waals surface area contributed by atoms with Gasteiger partial charge in [0.05, 0.1) is 4.47 Å². The Balaban J connectivity index is 3.35. The fourth-order valence-electron chi connectivity index (χ4n) is 0.854. The Bertz CT molecular complexity index is 312. The van der Waals surface area contributed by atoms with E-state index in [1.165, 1.54) is 6.07 Å². The third kappa shape index (κ3) is 1.75. The molecule has 0 spiro atoms. The van der Waals surface area contributed by atoms with Gasteiger partial charge in [-0.05, 0) is 22.0 Å². The Morgan fingerprint density at radius 1 is 1.50 bits per heavy atom. The van der Waals surface area contributed by atoms with E-state index >= 15 is 0 Å². The van der Waals surface area contributed by atoms with Crippen LogP contribution in [0.2, 0.25) is 0 Å². The SMILES string of the molecule is O=Cc1ccc(Br)c(F)c1CBr. The van der Waals surface area contributed by atoms with E-state index in [4.69, 9.17) is 0 Å². The quantitative estimate of drug-likeness (QED) is 0.604. The molecule has 0 aliphatic heterocycles. The maximum Gasteiger partial charge on any atom is 0.150 e. The van der Waals surface area contributed by atoms with Crippen LogP contribution in [0.15, 0.2) is 16.6 Å². The van der Waals surface area contributed by atoms with E-state index in [0.29, 0.717) is 27.2 Å². The maximum absolute atomic E-state index is 13.2. The molecular formula is C8H5Br2FO. The Morgan fingerprint density at radius 3 is 2.67 bits per heavy atom. The lowest BCUT2D eigenvalue weighted by molar-refractivity contribution is 0.112. The molecule has 1 rings (SSSR count). The predicted molar refractivity (Wildman–Crippen MR) is 52.1 cm³/mol. The van der Waals surface area contributed by atoms with Crippen molar-refractivity contribution in [3.05, 3.63) is 33.5 Å². The summed E-state index contributed by atoms with van der Waals surface area (Å²) in [7, 11) is 0. The van der Waals surface area contributed by atoms with Crippen LogP contribution < -0.4 is 0 Å². The number of hydrogen-bond acceptors (Lipinski definition) is 1. The molecule has 64 valence electrons. The van der Waals surface area contributed by atoms with Crippen molar-refractivity contribution in [2.75, 3.05) is 0 Å². The van der Waals surface area contributed by atoms with Gasteiger partial charge in [-0.15, -0.1) is 0 Å². The second kappa shape index (κ2) is 4.14. The lowest BCUT2D eigenvalue weighted by atomic mass is 10.1. The molecule has 0 unspecified atom stereocenters. The van der Waals surface area contributed by atoms with Crippen molar-refractivity contribution in [2.24, 2.45) is 0 Å². The molecule has 0 radical (unpaired) electrons. The minimum Gasteiger partial charge on any atom is -0.298 e. The van der Waals surface area contributed by atoms with E-state index in [1.807, 2.05) is 0 Å². The zero-order valence-corrected chi connectivity index (χ0v) is 9.15. The van der Waals surface area contributed by atoms with Gasteiger partial charge in [0, 0.05) is 16.5 Å². The molecular weight excluding hydrogens is 291 g/mol. The minimum atomic E-state index is -0.378. The van der Waals surface area contributed by atoms with Crippen LogP contribution in [0, 0.1) is 5.82 Å². The highest BCUT2D eigenvalue weighted by atomic mass is 79.9. The van der Waals surface area contributed by atoms with Gasteiger partial charge < -0.3 is 0 Å². The summed E-state index contributed by atoms with van der Waals surface area (Å²) in [4.78, 5) is 10.4. The first-order chi connectivity index (χ1) is 5.70. The van der Waals surface area contributed by atoms with Gasteiger partial charge >= 0.3 is 0 Å². The molecule has 0 amide bonds. The molecule has 0 N–H and O–H groups in total. The zero-order valence-electron chi connectivity index (χ0n) is 5.98. The number of hydrogen-bond donors (Lipinski definition) is 0. The summed E-state index contributed by atoms with van der Waals surface area (Å²) in [6.07, 6.45) is 0.645. The summed E-state index contributed by atoms with van der Waals surface area (Å²) in [5.74, 6) is -0.378. The molecule has 1 aromatic rings. The molecule has 0 atom stereocenters. The van der Waals surface area contributed by atoms with E-state index in [2.05, 4.69) is 31.9 Å². The van der Waals surface area contributed by atoms with Crippen molar-refractivity contribution in [1.82, 2.24) is 0 Å². The van der Waals surface area contributed by atoms with Crippen molar-refractivity contribution in [3.63, 3.8) is 0 Å². The molecule has 1 aromatic carbocycles. The molecule has 0 saturated heterocycles. The van der Waals surface area contributed by atoms with Gasteiger partial charge in [-0.3, -0.25) is 4.79 Å². The third-order valence-corrected chi connectivity index (χ3v) is 2.67. The summed E-state index contributed by atoms with van der Waals surface area (Å²) in [6, 6.07) is 3.10. The van der Waals surface area contributed by atoms with Gasteiger partial charge in [0.25, 0.3) is 0 Å². The number of halogens is 3. The van der Waals surface area contributed by atoms with E-state index in [0.717, 1.165) is 0 Å². The van der Waals surface area contributed by atoms with Crippen molar-refractivity contribution < 1.29 is 9.18 Å². The topological polar surface area (TPSA) is 17.1 Å². The summed E-state index contributed by atoms with van der Waals surface area (Å²) < 4.78 is 13.6. The van der Waals surface area contributed by atoms with Crippen LogP contribution >= 0.6 is 31.9 Å². The fraction of sp³-hybridized carbons (Fsp3) is 0.125. The summed E-state index contributed by atoms with van der Waals surface area (Å²) in [5, 5.41) is 0.340. The van der Waals surface area contributed by atoms with Crippen LogP contribution in [0.25, 0.3) is 0 Å². The lowest BCUT2D eigenvalue weighted by Crippen LogP contribution is -1.94. The molecule has 0 bridgehead atoms. The van der Waals surface area contributed by atoms with Crippen molar-refractivity contribution in [1.29, 1.82) is 0 Å². The predicted octanol–water partition coefficient (Wildman–Crippen LogP) is 3.30. The summed E-state index contributed by atoms with van der Waals surface area (Å²) >= 11 is 6.15. The molecule has 0 aliphatic carbocycles. The summed E-state index contributed by atoms with van der Waals surface area (Å²) in [6.45, 7) is 0. The second-order valence-electron chi connectivity index (χ2n) is 2.18. The number of alkyl halides is 1. The third-order valence-electron chi connectivity index (χ3n) is 1.49. The zero-order chi connectivity index (χ0) is 9.14. The summed E-state index contributed by atoms with van der Waals surface area (Å²) in [5.41, 5.74) is 0.770. The highest BCUT2D eigenvalue weighted by Crippen LogP contribution is 2.23. The Kier molecular flexibility index (Phi) is 3.40. The van der Waals surface area contributed by atoms with Crippen LogP contribution in [0.5, 0.6) is 0 Å². The Hall–Kier alpha value is -0.220. The van der Waals surface area contributed by atoms with Crippen LogP contribution in [-0.2, 0) is 5.33 Å². The first kappa shape index (κ1) is 9.86. The molecule has 12 heavy (non-hydrogen) atoms. The lowest BCUT2D eigenvalue weighted by Gasteiger charge is -2.03. The van der Waals surface area contributed by atoms with E-state index in [1.54, 1.807) is 6.07 Å². The Labute approximate surface area is 86.2 Å². The minimum absolute atomic E-state index is 0.340. The van der Waals surface area contributed by atoms with Crippen LogP contribution in [0.3, 0.4) is 0 Å². The monoisotopic (exact) mass is 294 g/mol. The average molecular weight is 296 g/mol. The molecule has 4 heteroatoms. The van der Waals surface area contributed by atoms with Gasteiger partial charge in [-0.25, -0.2) is 4.39 Å². The second-order valence-corrected chi connectivity index (χ2v) is 3.60. The Morgan fingerprint density at radius 2 is 2.17 bits per heavy atom. The van der Waals surface area contributed by atoms with E-state index < -0.39 is 0 Å². The average Bonchev–Trinajstić information content (AvgIpc) is 2.09. The highest BCUT2D eigenvalue weighted by Gasteiger charge is 2.09. The van der Waals surface area contributed by atoms with E-state index in [9.17, 15) is 9.18 Å². The standard InChI is InChI=1S/C8H5Br2FO/c9-3-6-5(4-12)1-2-7(10)8(6)11/h1-2,4H,3H2. The van der Waals surface area contributed by atoms with Gasteiger partial charge in [0.1, 0.15) is 12.1 Å². The molecule has 0 fully saturated rings. The number of carbonyl (C=O) groups excluding carboxylic acids is 1.